The molecular weight excluding hydrogens is 489 g/mol. The van der Waals surface area contributed by atoms with E-state index >= 15 is 0 Å². The Kier molecular flexibility index (Phi) is 12.3. The normalized spacial score (nSPS) is 16.6. The minimum atomic E-state index is 0. The molecule has 0 bridgehead atoms. The molecule has 30 heavy (non-hydrogen) atoms. The van der Waals surface area contributed by atoms with Gasteiger partial charge in [-0.15, -0.1) is 24.0 Å². The van der Waals surface area contributed by atoms with Crippen molar-refractivity contribution in [2.24, 2.45) is 10.4 Å². The minimum absolute atomic E-state index is 0. The lowest BCUT2D eigenvalue weighted by atomic mass is 9.72. The highest BCUT2D eigenvalue weighted by Crippen LogP contribution is 2.36. The predicted octanol–water partition coefficient (Wildman–Crippen LogP) is 4.41. The summed E-state index contributed by atoms with van der Waals surface area (Å²) in [4.78, 5) is 4.93. The van der Waals surface area contributed by atoms with Crippen LogP contribution in [-0.2, 0) is 10.2 Å². The average Bonchev–Trinajstić information content (AvgIpc) is 2.75. The van der Waals surface area contributed by atoms with Crippen molar-refractivity contribution in [3.63, 3.8) is 0 Å². The van der Waals surface area contributed by atoms with Crippen LogP contribution < -0.4 is 10.6 Å². The third-order valence-electron chi connectivity index (χ3n) is 6.82. The molecule has 1 heterocycles. The van der Waals surface area contributed by atoms with E-state index in [2.05, 4.69) is 62.6 Å². The first-order chi connectivity index (χ1) is 14.0. The van der Waals surface area contributed by atoms with E-state index in [1.807, 2.05) is 0 Å². The van der Waals surface area contributed by atoms with Crippen molar-refractivity contribution in [1.29, 1.82) is 0 Å². The zero-order chi connectivity index (χ0) is 21.2. The number of rotatable bonds is 10. The van der Waals surface area contributed by atoms with E-state index in [-0.39, 0.29) is 41.4 Å². The number of aliphatic hydroxyl groups is 1. The zero-order valence-electron chi connectivity index (χ0n) is 19.3. The molecule has 1 aromatic carbocycles. The second-order valence-corrected chi connectivity index (χ2v) is 8.44. The van der Waals surface area contributed by atoms with Crippen LogP contribution in [0.4, 0.5) is 0 Å². The number of aliphatic hydroxyl groups excluding tert-OH is 1. The van der Waals surface area contributed by atoms with E-state index < -0.39 is 0 Å². The summed E-state index contributed by atoms with van der Waals surface area (Å²) >= 11 is 0. The third kappa shape index (κ3) is 7.09. The molecule has 1 aliphatic heterocycles. The molecule has 0 unspecified atom stereocenters. The Hall–Kier alpha value is -0.860. The number of guanidine groups is 1. The lowest BCUT2D eigenvalue weighted by Crippen LogP contribution is -2.48. The topological polar surface area (TPSA) is 65.9 Å². The van der Waals surface area contributed by atoms with Crippen LogP contribution in [-0.4, -0.2) is 50.5 Å². The first kappa shape index (κ1) is 27.2. The smallest absolute Gasteiger partial charge is 0.191 e. The Morgan fingerprint density at radius 3 is 2.37 bits per heavy atom. The maximum absolute atomic E-state index is 9.50. The molecule has 0 radical (unpaired) electrons. The lowest BCUT2D eigenvalue weighted by Gasteiger charge is -2.39. The highest BCUT2D eigenvalue weighted by molar-refractivity contribution is 14.0. The Bertz CT molecular complexity index is 641. The van der Waals surface area contributed by atoms with Crippen molar-refractivity contribution in [2.75, 3.05) is 39.5 Å². The summed E-state index contributed by atoms with van der Waals surface area (Å²) in [5.41, 5.74) is 2.90. The minimum Gasteiger partial charge on any atom is -0.396 e. The Balaban J connectivity index is 0.00000450. The number of aliphatic imine (C=N–C) groups is 1. The maximum Gasteiger partial charge on any atom is 0.191 e. The molecule has 2 rings (SSSR count). The number of nitrogens with one attached hydrogen (secondary N) is 2. The lowest BCUT2D eigenvalue weighted by molar-refractivity contribution is 0.0511. The number of hydrogen-bond donors (Lipinski definition) is 3. The number of hydrogen-bond acceptors (Lipinski definition) is 3. The standard InChI is InChI=1S/C24H41N3O2.HI/c1-5-23(6-2,12-15-28)18-26-22(25-7-3)27-19-24(13-16-29-17-14-24)21-11-9-8-10-20(21)4;/h8-11,28H,5-7,12-19H2,1-4H3,(H2,25,26,27);1H. The predicted molar refractivity (Wildman–Crippen MR) is 137 cm³/mol. The quantitative estimate of drug-likeness (QED) is 0.238. The largest absolute Gasteiger partial charge is 0.396 e. The van der Waals surface area contributed by atoms with Gasteiger partial charge in [0.2, 0.25) is 0 Å². The van der Waals surface area contributed by atoms with E-state index in [1.54, 1.807) is 0 Å². The van der Waals surface area contributed by atoms with Gasteiger partial charge in [-0.05, 0) is 62.5 Å². The summed E-state index contributed by atoms with van der Waals surface area (Å²) < 4.78 is 5.69. The van der Waals surface area contributed by atoms with Crippen molar-refractivity contribution in [3.05, 3.63) is 35.4 Å². The molecule has 0 saturated carbocycles. The Labute approximate surface area is 200 Å². The van der Waals surface area contributed by atoms with Gasteiger partial charge < -0.3 is 20.5 Å². The summed E-state index contributed by atoms with van der Waals surface area (Å²) in [5, 5.41) is 16.6. The van der Waals surface area contributed by atoms with Crippen LogP contribution in [0.3, 0.4) is 0 Å². The first-order valence-electron chi connectivity index (χ1n) is 11.3. The van der Waals surface area contributed by atoms with Crippen LogP contribution in [0.5, 0.6) is 0 Å². The fourth-order valence-electron chi connectivity index (χ4n) is 4.46. The van der Waals surface area contributed by atoms with Crippen molar-refractivity contribution < 1.29 is 9.84 Å². The Morgan fingerprint density at radius 1 is 1.13 bits per heavy atom. The van der Waals surface area contributed by atoms with E-state index in [1.165, 1.54) is 11.1 Å². The van der Waals surface area contributed by atoms with Gasteiger partial charge in [0, 0.05) is 44.9 Å². The molecule has 1 fully saturated rings. The highest BCUT2D eigenvalue weighted by atomic mass is 127. The SMILES string of the molecule is CCNC(=NCC(CC)(CC)CCO)NCC1(c2ccccc2C)CCOCC1.I. The first-order valence-corrected chi connectivity index (χ1v) is 11.3. The zero-order valence-corrected chi connectivity index (χ0v) is 21.6. The van der Waals surface area contributed by atoms with Crippen LogP contribution in [0.1, 0.15) is 64.0 Å². The fourth-order valence-corrected chi connectivity index (χ4v) is 4.46. The van der Waals surface area contributed by atoms with Gasteiger partial charge in [0.25, 0.3) is 0 Å². The van der Waals surface area contributed by atoms with E-state index in [9.17, 15) is 5.11 Å². The summed E-state index contributed by atoms with van der Waals surface area (Å²) in [6, 6.07) is 8.73. The number of benzene rings is 1. The summed E-state index contributed by atoms with van der Waals surface area (Å²) in [5.74, 6) is 0.871. The second-order valence-electron chi connectivity index (χ2n) is 8.44. The van der Waals surface area contributed by atoms with E-state index in [0.717, 1.165) is 70.9 Å². The summed E-state index contributed by atoms with van der Waals surface area (Å²) in [6.45, 7) is 12.9. The van der Waals surface area contributed by atoms with Gasteiger partial charge in [0.1, 0.15) is 0 Å². The molecule has 172 valence electrons. The molecule has 0 amide bonds. The second kappa shape index (κ2) is 13.5. The van der Waals surface area contributed by atoms with Crippen LogP contribution in [0.2, 0.25) is 0 Å². The molecule has 0 atom stereocenters. The van der Waals surface area contributed by atoms with Crippen LogP contribution in [0.15, 0.2) is 29.3 Å². The Morgan fingerprint density at radius 2 is 1.80 bits per heavy atom. The highest BCUT2D eigenvalue weighted by Gasteiger charge is 2.35. The van der Waals surface area contributed by atoms with E-state index in [0.29, 0.717) is 0 Å². The number of nitrogens with zero attached hydrogens (tertiary/aromatic N) is 1. The van der Waals surface area contributed by atoms with Crippen LogP contribution in [0, 0.1) is 12.3 Å². The van der Waals surface area contributed by atoms with Crippen molar-refractivity contribution in [2.45, 2.75) is 65.2 Å². The van der Waals surface area contributed by atoms with Crippen molar-refractivity contribution in [3.8, 4) is 0 Å². The third-order valence-corrected chi connectivity index (χ3v) is 6.82. The molecule has 1 saturated heterocycles. The molecule has 0 aromatic heterocycles. The fraction of sp³-hybridized carbons (Fsp3) is 0.708. The van der Waals surface area contributed by atoms with Crippen molar-refractivity contribution >= 4 is 29.9 Å². The number of aryl methyl sites for hydroxylation is 1. The number of ether oxygens (including phenoxy) is 1. The summed E-state index contributed by atoms with van der Waals surface area (Å²) in [7, 11) is 0. The molecule has 0 aliphatic carbocycles. The van der Waals surface area contributed by atoms with Gasteiger partial charge in [0.15, 0.2) is 5.96 Å². The molecular formula is C24H42IN3O2. The van der Waals surface area contributed by atoms with Crippen molar-refractivity contribution in [1.82, 2.24) is 10.6 Å². The van der Waals surface area contributed by atoms with Gasteiger partial charge in [-0.3, -0.25) is 4.99 Å². The molecule has 5 nitrogen and oxygen atoms in total. The van der Waals surface area contributed by atoms with Crippen LogP contribution in [0.25, 0.3) is 0 Å². The maximum atomic E-state index is 9.50. The van der Waals surface area contributed by atoms with Gasteiger partial charge >= 0.3 is 0 Å². The van der Waals surface area contributed by atoms with Gasteiger partial charge in [-0.2, -0.15) is 0 Å². The molecule has 1 aliphatic rings. The molecule has 3 N–H and O–H groups in total. The van der Waals surface area contributed by atoms with Gasteiger partial charge in [0.05, 0.1) is 0 Å². The summed E-state index contributed by atoms with van der Waals surface area (Å²) in [6.07, 6.45) is 4.88. The molecule has 6 heteroatoms. The average molecular weight is 532 g/mol. The number of halogens is 1. The van der Waals surface area contributed by atoms with Gasteiger partial charge in [-0.25, -0.2) is 0 Å². The van der Waals surface area contributed by atoms with E-state index in [4.69, 9.17) is 9.73 Å². The van der Waals surface area contributed by atoms with Crippen LogP contribution >= 0.6 is 24.0 Å². The van der Waals surface area contributed by atoms with Gasteiger partial charge in [-0.1, -0.05) is 38.1 Å². The monoisotopic (exact) mass is 531 g/mol. The molecule has 0 spiro atoms. The molecule has 1 aromatic rings.